The van der Waals surface area contributed by atoms with Gasteiger partial charge in [0.25, 0.3) is 5.78 Å². The van der Waals surface area contributed by atoms with Gasteiger partial charge in [-0.05, 0) is 30.7 Å². The molecule has 0 N–H and O–H groups in total. The van der Waals surface area contributed by atoms with Crippen LogP contribution in [-0.2, 0) is 14.9 Å². The van der Waals surface area contributed by atoms with E-state index in [1.54, 1.807) is 25.1 Å². The lowest BCUT2D eigenvalue weighted by molar-refractivity contribution is -0.137. The largest absolute Gasteiger partial charge is 0.460 e. The monoisotopic (exact) mass is 348 g/mol. The number of carbonyl (C=O) groups is 2. The van der Waals surface area contributed by atoms with Crippen molar-refractivity contribution in [3.8, 4) is 0 Å². The second-order valence-corrected chi connectivity index (χ2v) is 4.46. The highest BCUT2D eigenvalue weighted by atomic mass is 79.9. The van der Waals surface area contributed by atoms with E-state index in [0.29, 0.717) is 10.9 Å². The summed E-state index contributed by atoms with van der Waals surface area (Å²) < 4.78 is 5.54. The van der Waals surface area contributed by atoms with Crippen LogP contribution < -0.4 is 0 Å². The van der Waals surface area contributed by atoms with Crippen molar-refractivity contribution in [1.29, 1.82) is 0 Å². The van der Waals surface area contributed by atoms with Crippen LogP contribution in [0.5, 0.6) is 0 Å². The number of ether oxygens (including phenoxy) is 1. The highest BCUT2D eigenvalue weighted by Crippen LogP contribution is 2.19. The predicted octanol–water partition coefficient (Wildman–Crippen LogP) is 3.09. The number of rotatable bonds is 4. The van der Waals surface area contributed by atoms with Gasteiger partial charge >= 0.3 is 5.97 Å². The van der Waals surface area contributed by atoms with E-state index in [0.717, 1.165) is 10.0 Å². The SMILES string of the molecule is CCOC(=O)C(=O)c1ccc(Br)cc1CBr. The fourth-order valence-electron chi connectivity index (χ4n) is 1.20. The van der Waals surface area contributed by atoms with Crippen molar-refractivity contribution in [2.75, 3.05) is 6.61 Å². The van der Waals surface area contributed by atoms with E-state index < -0.39 is 11.8 Å². The van der Waals surface area contributed by atoms with Crippen molar-refractivity contribution in [2.45, 2.75) is 12.3 Å². The zero-order valence-corrected chi connectivity index (χ0v) is 11.8. The van der Waals surface area contributed by atoms with Gasteiger partial charge in [-0.25, -0.2) is 4.79 Å². The fourth-order valence-corrected chi connectivity index (χ4v) is 2.07. The molecule has 5 heteroatoms. The Hall–Kier alpha value is -0.680. The van der Waals surface area contributed by atoms with Gasteiger partial charge < -0.3 is 4.74 Å². The lowest BCUT2D eigenvalue weighted by atomic mass is 10.1. The quantitative estimate of drug-likeness (QED) is 0.363. The van der Waals surface area contributed by atoms with E-state index in [2.05, 4.69) is 36.6 Å². The van der Waals surface area contributed by atoms with Crippen LogP contribution in [0, 0.1) is 0 Å². The van der Waals surface area contributed by atoms with E-state index in [1.807, 2.05) is 0 Å². The molecule has 86 valence electrons. The average Bonchev–Trinajstić information content (AvgIpc) is 2.28. The lowest BCUT2D eigenvalue weighted by Crippen LogP contribution is -2.18. The Bertz CT molecular complexity index is 416. The maximum atomic E-state index is 11.7. The Labute approximate surface area is 110 Å². The van der Waals surface area contributed by atoms with Crippen LogP contribution in [0.25, 0.3) is 0 Å². The molecular weight excluding hydrogens is 340 g/mol. The Morgan fingerprint density at radius 1 is 1.38 bits per heavy atom. The first kappa shape index (κ1) is 13.4. The van der Waals surface area contributed by atoms with Crippen molar-refractivity contribution in [3.63, 3.8) is 0 Å². The van der Waals surface area contributed by atoms with E-state index in [-0.39, 0.29) is 6.61 Å². The molecule has 0 fully saturated rings. The zero-order valence-electron chi connectivity index (χ0n) is 8.63. The molecule has 1 aromatic rings. The van der Waals surface area contributed by atoms with Gasteiger partial charge in [-0.15, -0.1) is 0 Å². The number of hydrogen-bond acceptors (Lipinski definition) is 3. The summed E-state index contributed by atoms with van der Waals surface area (Å²) in [6.07, 6.45) is 0. The molecule has 0 amide bonds. The highest BCUT2D eigenvalue weighted by molar-refractivity contribution is 9.10. The molecule has 0 saturated carbocycles. The van der Waals surface area contributed by atoms with Crippen molar-refractivity contribution >= 4 is 43.6 Å². The maximum absolute atomic E-state index is 11.7. The molecule has 0 spiro atoms. The molecule has 0 saturated heterocycles. The third-order valence-corrected chi connectivity index (χ3v) is 3.01. The third-order valence-electron chi connectivity index (χ3n) is 1.92. The van der Waals surface area contributed by atoms with Crippen LogP contribution in [-0.4, -0.2) is 18.4 Å². The number of Topliss-reactive ketones (excluding diaryl/α,β-unsaturated/α-hetero) is 1. The number of ketones is 1. The predicted molar refractivity (Wildman–Crippen MR) is 67.7 cm³/mol. The number of halogens is 2. The third kappa shape index (κ3) is 3.15. The summed E-state index contributed by atoms with van der Waals surface area (Å²) in [6.45, 7) is 1.86. The molecule has 0 aromatic heterocycles. The molecule has 0 aliphatic rings. The maximum Gasteiger partial charge on any atom is 0.379 e. The van der Waals surface area contributed by atoms with Gasteiger partial charge in [-0.3, -0.25) is 4.79 Å². The summed E-state index contributed by atoms with van der Waals surface area (Å²) >= 11 is 6.58. The highest BCUT2D eigenvalue weighted by Gasteiger charge is 2.20. The molecule has 16 heavy (non-hydrogen) atoms. The topological polar surface area (TPSA) is 43.4 Å². The first-order chi connectivity index (χ1) is 7.60. The van der Waals surface area contributed by atoms with Crippen LogP contribution in [0.2, 0.25) is 0 Å². The molecule has 0 atom stereocenters. The average molecular weight is 350 g/mol. The molecule has 1 rings (SSSR count). The second-order valence-electron chi connectivity index (χ2n) is 2.98. The number of esters is 1. The van der Waals surface area contributed by atoms with Crippen molar-refractivity contribution < 1.29 is 14.3 Å². The molecule has 0 bridgehead atoms. The molecule has 0 aliphatic heterocycles. The van der Waals surface area contributed by atoms with E-state index in [1.165, 1.54) is 0 Å². The Kier molecular flexibility index (Phi) is 5.15. The van der Waals surface area contributed by atoms with Crippen LogP contribution in [0.15, 0.2) is 22.7 Å². The summed E-state index contributed by atoms with van der Waals surface area (Å²) in [5.41, 5.74) is 1.13. The molecule has 3 nitrogen and oxygen atoms in total. The van der Waals surface area contributed by atoms with Gasteiger partial charge in [0.1, 0.15) is 0 Å². The Morgan fingerprint density at radius 2 is 2.06 bits per heavy atom. The van der Waals surface area contributed by atoms with Gasteiger partial charge in [0.2, 0.25) is 0 Å². The number of carbonyl (C=O) groups excluding carboxylic acids is 2. The van der Waals surface area contributed by atoms with Crippen LogP contribution >= 0.6 is 31.9 Å². The van der Waals surface area contributed by atoms with E-state index >= 15 is 0 Å². The molecule has 0 unspecified atom stereocenters. The number of hydrogen-bond donors (Lipinski definition) is 0. The fraction of sp³-hybridized carbons (Fsp3) is 0.273. The first-order valence-corrected chi connectivity index (χ1v) is 6.57. The minimum Gasteiger partial charge on any atom is -0.460 e. The number of alkyl halides is 1. The van der Waals surface area contributed by atoms with Gasteiger partial charge in [-0.2, -0.15) is 0 Å². The van der Waals surface area contributed by atoms with Crippen LogP contribution in [0.4, 0.5) is 0 Å². The smallest absolute Gasteiger partial charge is 0.379 e. The van der Waals surface area contributed by atoms with E-state index in [4.69, 9.17) is 0 Å². The van der Waals surface area contributed by atoms with Gasteiger partial charge in [0.15, 0.2) is 0 Å². The molecule has 1 aromatic carbocycles. The van der Waals surface area contributed by atoms with Crippen molar-refractivity contribution in [2.24, 2.45) is 0 Å². The van der Waals surface area contributed by atoms with E-state index in [9.17, 15) is 9.59 Å². The minimum atomic E-state index is -0.813. The summed E-state index contributed by atoms with van der Waals surface area (Å²) in [4.78, 5) is 23.0. The first-order valence-electron chi connectivity index (χ1n) is 4.66. The minimum absolute atomic E-state index is 0.199. The van der Waals surface area contributed by atoms with Crippen LogP contribution in [0.1, 0.15) is 22.8 Å². The molecular formula is C11H10Br2O3. The molecule has 0 heterocycles. The summed E-state index contributed by atoms with van der Waals surface area (Å²) in [5, 5.41) is 0.507. The second kappa shape index (κ2) is 6.15. The van der Waals surface area contributed by atoms with Crippen LogP contribution in [0.3, 0.4) is 0 Å². The van der Waals surface area contributed by atoms with Crippen molar-refractivity contribution in [1.82, 2.24) is 0 Å². The normalized spacial score (nSPS) is 9.94. The Balaban J connectivity index is 3.03. The lowest BCUT2D eigenvalue weighted by Gasteiger charge is -2.06. The zero-order chi connectivity index (χ0) is 12.1. The summed E-state index contributed by atoms with van der Waals surface area (Å²) in [6, 6.07) is 5.12. The van der Waals surface area contributed by atoms with Gasteiger partial charge in [0.05, 0.1) is 6.61 Å². The number of benzene rings is 1. The van der Waals surface area contributed by atoms with Crippen molar-refractivity contribution in [3.05, 3.63) is 33.8 Å². The standard InChI is InChI=1S/C11H10Br2O3/c1-2-16-11(15)10(14)9-4-3-8(13)5-7(9)6-12/h3-5H,2,6H2,1H3. The molecule has 0 aliphatic carbocycles. The summed E-state index contributed by atoms with van der Waals surface area (Å²) in [7, 11) is 0. The Morgan fingerprint density at radius 3 is 2.62 bits per heavy atom. The van der Waals surface area contributed by atoms with Gasteiger partial charge in [0, 0.05) is 15.4 Å². The molecule has 0 radical (unpaired) electrons. The summed E-state index contributed by atoms with van der Waals surface area (Å²) in [5.74, 6) is -1.42. The van der Waals surface area contributed by atoms with Gasteiger partial charge in [-0.1, -0.05) is 31.9 Å².